The number of nitrogens with zero attached hydrogens (tertiary/aromatic N) is 3. The minimum absolute atomic E-state index is 0.136. The van der Waals surface area contributed by atoms with Gasteiger partial charge in [-0.3, -0.25) is 9.69 Å². The van der Waals surface area contributed by atoms with E-state index in [9.17, 15) is 9.59 Å². The fraction of sp³-hybridized carbons (Fsp3) is 0.278. The largest absolute Gasteiger partial charge is 0.362 e. The zero-order valence-corrected chi connectivity index (χ0v) is 14.3. The molecule has 2 heterocycles. The van der Waals surface area contributed by atoms with Crippen molar-refractivity contribution in [3.63, 3.8) is 0 Å². The molecule has 7 nitrogen and oxygen atoms in total. The van der Waals surface area contributed by atoms with Crippen LogP contribution in [-0.4, -0.2) is 44.1 Å². The standard InChI is InChI=1S/C18H21N5O2/c1-22(2)16-14(6-4-8-19-16)12-21-17(24)13-5-3-7-15(11-13)23-10-9-20-18(23)25/h3-8,11H,9-10,12H2,1-2H3,(H,20,25)(H,21,24). The first-order valence-corrected chi connectivity index (χ1v) is 8.11. The van der Waals surface area contributed by atoms with Crippen LogP contribution in [0.5, 0.6) is 0 Å². The number of amides is 3. The second-order valence-corrected chi connectivity index (χ2v) is 6.00. The van der Waals surface area contributed by atoms with E-state index in [2.05, 4.69) is 15.6 Å². The maximum atomic E-state index is 12.5. The lowest BCUT2D eigenvalue weighted by molar-refractivity contribution is 0.0951. The molecule has 0 saturated carbocycles. The van der Waals surface area contributed by atoms with Crippen molar-refractivity contribution in [2.75, 3.05) is 37.0 Å². The Kier molecular flexibility index (Phi) is 4.83. The molecule has 0 atom stereocenters. The smallest absolute Gasteiger partial charge is 0.321 e. The minimum Gasteiger partial charge on any atom is -0.362 e. The van der Waals surface area contributed by atoms with Gasteiger partial charge in [0.15, 0.2) is 0 Å². The highest BCUT2D eigenvalue weighted by molar-refractivity contribution is 5.98. The van der Waals surface area contributed by atoms with Gasteiger partial charge in [-0.2, -0.15) is 0 Å². The molecule has 3 amide bonds. The summed E-state index contributed by atoms with van der Waals surface area (Å²) in [6, 6.07) is 10.7. The summed E-state index contributed by atoms with van der Waals surface area (Å²) in [4.78, 5) is 32.1. The summed E-state index contributed by atoms with van der Waals surface area (Å²) in [5.41, 5.74) is 2.18. The van der Waals surface area contributed by atoms with E-state index in [1.54, 1.807) is 29.3 Å². The topological polar surface area (TPSA) is 77.6 Å². The van der Waals surface area contributed by atoms with Gasteiger partial charge in [0, 0.05) is 56.7 Å². The summed E-state index contributed by atoms with van der Waals surface area (Å²) in [6.07, 6.45) is 1.73. The van der Waals surface area contributed by atoms with Crippen LogP contribution >= 0.6 is 0 Å². The molecule has 0 bridgehead atoms. The van der Waals surface area contributed by atoms with Gasteiger partial charge >= 0.3 is 6.03 Å². The summed E-state index contributed by atoms with van der Waals surface area (Å²) >= 11 is 0. The van der Waals surface area contributed by atoms with Gasteiger partial charge in [-0.15, -0.1) is 0 Å². The quantitative estimate of drug-likeness (QED) is 0.867. The summed E-state index contributed by atoms with van der Waals surface area (Å²) in [5, 5.41) is 5.67. The van der Waals surface area contributed by atoms with E-state index < -0.39 is 0 Å². The Labute approximate surface area is 146 Å². The second kappa shape index (κ2) is 7.21. The SMILES string of the molecule is CN(C)c1ncccc1CNC(=O)c1cccc(N2CCNC2=O)c1. The van der Waals surface area contributed by atoms with Crippen LogP contribution in [0.3, 0.4) is 0 Å². The van der Waals surface area contributed by atoms with Crippen molar-refractivity contribution in [3.05, 3.63) is 53.7 Å². The Morgan fingerprint density at radius 3 is 2.88 bits per heavy atom. The third kappa shape index (κ3) is 3.71. The number of carbonyl (C=O) groups is 2. The number of hydrogen-bond donors (Lipinski definition) is 2. The van der Waals surface area contributed by atoms with Crippen molar-refractivity contribution in [2.45, 2.75) is 6.54 Å². The molecule has 0 radical (unpaired) electrons. The number of benzene rings is 1. The fourth-order valence-corrected chi connectivity index (χ4v) is 2.78. The van der Waals surface area contributed by atoms with Crippen LogP contribution in [0.15, 0.2) is 42.6 Å². The molecule has 2 N–H and O–H groups in total. The van der Waals surface area contributed by atoms with Gasteiger partial charge < -0.3 is 15.5 Å². The predicted molar refractivity (Wildman–Crippen MR) is 96.9 cm³/mol. The Morgan fingerprint density at radius 2 is 2.16 bits per heavy atom. The molecule has 3 rings (SSSR count). The van der Waals surface area contributed by atoms with Gasteiger partial charge in [0.25, 0.3) is 5.91 Å². The molecule has 1 saturated heterocycles. The molecule has 0 unspecified atom stereocenters. The highest BCUT2D eigenvalue weighted by atomic mass is 16.2. The van der Waals surface area contributed by atoms with Crippen LogP contribution < -0.4 is 20.4 Å². The third-order valence-electron chi connectivity index (χ3n) is 4.01. The van der Waals surface area contributed by atoms with E-state index in [0.717, 1.165) is 17.1 Å². The number of rotatable bonds is 5. The molecule has 7 heteroatoms. The van der Waals surface area contributed by atoms with Gasteiger partial charge in [-0.05, 0) is 24.3 Å². The lowest BCUT2D eigenvalue weighted by atomic mass is 10.1. The lowest BCUT2D eigenvalue weighted by Crippen LogP contribution is -2.28. The van der Waals surface area contributed by atoms with Crippen LogP contribution in [0.2, 0.25) is 0 Å². The van der Waals surface area contributed by atoms with Crippen molar-refractivity contribution in [3.8, 4) is 0 Å². The zero-order valence-electron chi connectivity index (χ0n) is 14.3. The first kappa shape index (κ1) is 16.8. The molecule has 130 valence electrons. The monoisotopic (exact) mass is 339 g/mol. The van der Waals surface area contributed by atoms with Crippen LogP contribution in [0, 0.1) is 0 Å². The number of anilines is 2. The molecular weight excluding hydrogens is 318 g/mol. The Morgan fingerprint density at radius 1 is 1.32 bits per heavy atom. The molecule has 2 aromatic rings. The van der Waals surface area contributed by atoms with Crippen molar-refractivity contribution >= 4 is 23.4 Å². The maximum absolute atomic E-state index is 12.5. The Bertz CT molecular complexity index is 791. The average Bonchev–Trinajstić information content (AvgIpc) is 3.06. The highest BCUT2D eigenvalue weighted by Crippen LogP contribution is 2.19. The van der Waals surface area contributed by atoms with Gasteiger partial charge in [0.05, 0.1) is 0 Å². The van der Waals surface area contributed by atoms with Crippen LogP contribution in [-0.2, 0) is 6.54 Å². The van der Waals surface area contributed by atoms with Crippen molar-refractivity contribution in [1.82, 2.24) is 15.6 Å². The molecule has 25 heavy (non-hydrogen) atoms. The number of nitrogens with one attached hydrogen (secondary N) is 2. The average molecular weight is 339 g/mol. The van der Waals surface area contributed by atoms with Crippen molar-refractivity contribution in [2.24, 2.45) is 0 Å². The van der Waals surface area contributed by atoms with Gasteiger partial charge in [-0.1, -0.05) is 12.1 Å². The number of pyridine rings is 1. The zero-order chi connectivity index (χ0) is 17.8. The van der Waals surface area contributed by atoms with Crippen molar-refractivity contribution < 1.29 is 9.59 Å². The van der Waals surface area contributed by atoms with E-state index in [1.807, 2.05) is 37.2 Å². The Balaban J connectivity index is 1.71. The number of carbonyl (C=O) groups excluding carboxylic acids is 2. The molecule has 0 spiro atoms. The number of hydrogen-bond acceptors (Lipinski definition) is 4. The van der Waals surface area contributed by atoms with Gasteiger partial charge in [0.1, 0.15) is 5.82 Å². The summed E-state index contributed by atoms with van der Waals surface area (Å²) < 4.78 is 0. The molecule has 1 aliphatic rings. The second-order valence-electron chi connectivity index (χ2n) is 6.00. The summed E-state index contributed by atoms with van der Waals surface area (Å²) in [6.45, 7) is 1.60. The van der Waals surface area contributed by atoms with Crippen LogP contribution in [0.25, 0.3) is 0 Å². The normalized spacial score (nSPS) is 13.5. The molecule has 0 aliphatic carbocycles. The number of urea groups is 1. The lowest BCUT2D eigenvalue weighted by Gasteiger charge is -2.17. The minimum atomic E-state index is -0.185. The molecule has 1 fully saturated rings. The van der Waals surface area contributed by atoms with Gasteiger partial charge in [-0.25, -0.2) is 9.78 Å². The first-order chi connectivity index (χ1) is 12.1. The van der Waals surface area contributed by atoms with Crippen LogP contribution in [0.4, 0.5) is 16.3 Å². The third-order valence-corrected chi connectivity index (χ3v) is 4.01. The fourth-order valence-electron chi connectivity index (χ4n) is 2.78. The van der Waals surface area contributed by atoms with E-state index in [4.69, 9.17) is 0 Å². The van der Waals surface area contributed by atoms with Crippen molar-refractivity contribution in [1.29, 1.82) is 0 Å². The van der Waals surface area contributed by atoms with E-state index in [-0.39, 0.29) is 11.9 Å². The molecule has 1 aromatic heterocycles. The predicted octanol–water partition coefficient (Wildman–Crippen LogP) is 1.61. The summed E-state index contributed by atoms with van der Waals surface area (Å²) in [5.74, 6) is 0.639. The van der Waals surface area contributed by atoms with E-state index >= 15 is 0 Å². The highest BCUT2D eigenvalue weighted by Gasteiger charge is 2.21. The van der Waals surface area contributed by atoms with E-state index in [1.165, 1.54) is 0 Å². The van der Waals surface area contributed by atoms with Crippen LogP contribution in [0.1, 0.15) is 15.9 Å². The maximum Gasteiger partial charge on any atom is 0.321 e. The summed E-state index contributed by atoms with van der Waals surface area (Å²) in [7, 11) is 3.83. The molecule has 1 aromatic carbocycles. The van der Waals surface area contributed by atoms with Gasteiger partial charge in [0.2, 0.25) is 0 Å². The number of aromatic nitrogens is 1. The molecular formula is C18H21N5O2. The van der Waals surface area contributed by atoms with E-state index in [0.29, 0.717) is 25.2 Å². The first-order valence-electron chi connectivity index (χ1n) is 8.11. The Hall–Kier alpha value is -3.09. The molecule has 1 aliphatic heterocycles.